The number of carbonyl (C=O) groups is 2. The number of benzene rings is 1. The van der Waals surface area contributed by atoms with E-state index in [1.54, 1.807) is 0 Å². The number of hydrogen-bond donors (Lipinski definition) is 2. The van der Waals surface area contributed by atoms with Gasteiger partial charge in [-0.2, -0.15) is 0 Å². The lowest BCUT2D eigenvalue weighted by Crippen LogP contribution is -2.46. The van der Waals surface area contributed by atoms with Crippen molar-refractivity contribution in [2.75, 3.05) is 6.54 Å². The second-order valence-corrected chi connectivity index (χ2v) is 6.57. The first-order valence-electron chi connectivity index (χ1n) is 7.40. The molecule has 1 saturated carbocycles. The molecule has 21 heavy (non-hydrogen) atoms. The van der Waals surface area contributed by atoms with Gasteiger partial charge in [0.2, 0.25) is 5.91 Å². The third-order valence-corrected chi connectivity index (χ3v) is 4.73. The average Bonchev–Trinajstić information content (AvgIpc) is 3.09. The summed E-state index contributed by atoms with van der Waals surface area (Å²) in [5.41, 5.74) is -0.277. The number of carboxylic acids is 1. The largest absolute Gasteiger partial charge is 0.481 e. The van der Waals surface area contributed by atoms with Crippen molar-refractivity contribution < 1.29 is 14.7 Å². The predicted octanol–water partition coefficient (Wildman–Crippen LogP) is 2.58. The van der Waals surface area contributed by atoms with Crippen LogP contribution in [0, 0.1) is 11.3 Å². The van der Waals surface area contributed by atoms with Crippen molar-refractivity contribution >= 4 is 11.9 Å². The normalized spacial score (nSPS) is 22.1. The van der Waals surface area contributed by atoms with E-state index < -0.39 is 11.4 Å². The smallest absolute Gasteiger partial charge is 0.315 e. The van der Waals surface area contributed by atoms with Gasteiger partial charge in [-0.15, -0.1) is 0 Å². The number of carboxylic acid groups (broad SMARTS) is 1. The molecule has 114 valence electrons. The number of hydrogen-bond acceptors (Lipinski definition) is 2. The number of carbonyl (C=O) groups excluding carboxylic acids is 1. The highest BCUT2D eigenvalue weighted by molar-refractivity contribution is 5.85. The van der Waals surface area contributed by atoms with Crippen LogP contribution in [0.5, 0.6) is 0 Å². The molecule has 1 aliphatic rings. The third kappa shape index (κ3) is 2.94. The molecule has 4 nitrogen and oxygen atoms in total. The Morgan fingerprint density at radius 1 is 1.33 bits per heavy atom. The molecule has 1 aromatic carbocycles. The first-order valence-corrected chi connectivity index (χ1v) is 7.40. The van der Waals surface area contributed by atoms with E-state index in [-0.39, 0.29) is 23.8 Å². The van der Waals surface area contributed by atoms with Crippen LogP contribution in [0.4, 0.5) is 0 Å². The zero-order valence-corrected chi connectivity index (χ0v) is 12.8. The second kappa shape index (κ2) is 5.51. The summed E-state index contributed by atoms with van der Waals surface area (Å²) in [4.78, 5) is 24.0. The van der Waals surface area contributed by atoms with Gasteiger partial charge in [0.05, 0.1) is 0 Å². The summed E-state index contributed by atoms with van der Waals surface area (Å²) in [5, 5.41) is 12.5. The molecular formula is C17H23NO3. The summed E-state index contributed by atoms with van der Waals surface area (Å²) >= 11 is 0. The maximum atomic E-state index is 12.1. The molecule has 0 aromatic heterocycles. The Morgan fingerprint density at radius 3 is 2.33 bits per heavy atom. The molecule has 1 aliphatic carbocycles. The van der Waals surface area contributed by atoms with Crippen molar-refractivity contribution in [3.63, 3.8) is 0 Å². The minimum Gasteiger partial charge on any atom is -0.481 e. The second-order valence-electron chi connectivity index (χ2n) is 6.57. The molecule has 2 rings (SSSR count). The summed E-state index contributed by atoms with van der Waals surface area (Å²) in [7, 11) is 0. The van der Waals surface area contributed by atoms with Gasteiger partial charge in [0.25, 0.3) is 0 Å². The number of nitrogens with one attached hydrogen (secondary N) is 1. The molecule has 1 fully saturated rings. The van der Waals surface area contributed by atoms with Crippen LogP contribution in [0.2, 0.25) is 0 Å². The molecule has 1 amide bonds. The molecule has 0 spiro atoms. The van der Waals surface area contributed by atoms with Crippen LogP contribution in [0.1, 0.15) is 39.2 Å². The molecule has 0 aliphatic heterocycles. The lowest BCUT2D eigenvalue weighted by molar-refractivity contribution is -0.144. The molecule has 0 saturated heterocycles. The number of rotatable bonds is 6. The van der Waals surface area contributed by atoms with E-state index in [2.05, 4.69) is 19.2 Å². The third-order valence-electron chi connectivity index (χ3n) is 4.73. The monoisotopic (exact) mass is 289 g/mol. The zero-order valence-electron chi connectivity index (χ0n) is 12.8. The maximum absolute atomic E-state index is 12.1. The quantitative estimate of drug-likeness (QED) is 0.846. The van der Waals surface area contributed by atoms with E-state index in [1.807, 2.05) is 37.3 Å². The molecule has 0 bridgehead atoms. The highest BCUT2D eigenvalue weighted by Gasteiger charge is 2.51. The molecule has 0 radical (unpaired) electrons. The summed E-state index contributed by atoms with van der Waals surface area (Å²) in [6.45, 7) is 6.08. The van der Waals surface area contributed by atoms with Gasteiger partial charge in [0.1, 0.15) is 5.41 Å². The van der Waals surface area contributed by atoms with E-state index in [0.29, 0.717) is 6.42 Å². The first-order chi connectivity index (χ1) is 9.83. The Morgan fingerprint density at radius 2 is 1.90 bits per heavy atom. The fourth-order valence-electron chi connectivity index (χ4n) is 2.81. The highest BCUT2D eigenvalue weighted by Crippen LogP contribution is 2.51. The molecule has 2 unspecified atom stereocenters. The van der Waals surface area contributed by atoms with Gasteiger partial charge in [-0.25, -0.2) is 0 Å². The van der Waals surface area contributed by atoms with Crippen LogP contribution < -0.4 is 5.32 Å². The molecule has 2 atom stereocenters. The SMILES string of the molecule is CCC(CNC(=O)C1CC1(C)C)(C(=O)O)c1ccccc1. The fourth-order valence-corrected chi connectivity index (χ4v) is 2.81. The molecular weight excluding hydrogens is 266 g/mol. The van der Waals surface area contributed by atoms with Crippen molar-refractivity contribution in [1.82, 2.24) is 5.32 Å². The van der Waals surface area contributed by atoms with Crippen molar-refractivity contribution in [3.05, 3.63) is 35.9 Å². The van der Waals surface area contributed by atoms with E-state index in [9.17, 15) is 14.7 Å². The van der Waals surface area contributed by atoms with Gasteiger partial charge in [-0.1, -0.05) is 51.1 Å². The van der Waals surface area contributed by atoms with Crippen LogP contribution >= 0.6 is 0 Å². The standard InChI is InChI=1S/C17H23NO3/c1-4-17(15(20)21,12-8-6-5-7-9-12)11-18-14(19)13-10-16(13,2)3/h5-9,13H,4,10-11H2,1-3H3,(H,18,19)(H,20,21). The highest BCUT2D eigenvalue weighted by atomic mass is 16.4. The van der Waals surface area contributed by atoms with Crippen LogP contribution in [0.25, 0.3) is 0 Å². The van der Waals surface area contributed by atoms with E-state index in [4.69, 9.17) is 0 Å². The molecule has 2 N–H and O–H groups in total. The topological polar surface area (TPSA) is 66.4 Å². The number of amides is 1. The summed E-state index contributed by atoms with van der Waals surface area (Å²) in [6, 6.07) is 9.13. The minimum absolute atomic E-state index is 0.0108. The van der Waals surface area contributed by atoms with Crippen molar-refractivity contribution in [1.29, 1.82) is 0 Å². The van der Waals surface area contributed by atoms with Gasteiger partial charge in [0, 0.05) is 12.5 Å². The van der Waals surface area contributed by atoms with Gasteiger partial charge >= 0.3 is 5.97 Å². The van der Waals surface area contributed by atoms with Crippen molar-refractivity contribution in [2.24, 2.45) is 11.3 Å². The van der Waals surface area contributed by atoms with Gasteiger partial charge in [-0.05, 0) is 23.8 Å². The average molecular weight is 289 g/mol. The van der Waals surface area contributed by atoms with Gasteiger partial charge in [0.15, 0.2) is 0 Å². The van der Waals surface area contributed by atoms with Crippen molar-refractivity contribution in [2.45, 2.75) is 39.0 Å². The number of aliphatic carboxylic acids is 1. The Kier molecular flexibility index (Phi) is 4.08. The lowest BCUT2D eigenvalue weighted by Gasteiger charge is -2.29. The van der Waals surface area contributed by atoms with Crippen LogP contribution in [0.3, 0.4) is 0 Å². The Hall–Kier alpha value is -1.84. The molecule has 4 heteroatoms. The van der Waals surface area contributed by atoms with Crippen LogP contribution in [-0.2, 0) is 15.0 Å². The van der Waals surface area contributed by atoms with Gasteiger partial charge < -0.3 is 10.4 Å². The van der Waals surface area contributed by atoms with Crippen molar-refractivity contribution in [3.8, 4) is 0 Å². The predicted molar refractivity (Wildman–Crippen MR) is 80.9 cm³/mol. The van der Waals surface area contributed by atoms with Crippen LogP contribution in [0.15, 0.2) is 30.3 Å². The Labute approximate surface area is 125 Å². The summed E-state index contributed by atoms with van der Waals surface area (Å²) in [5.74, 6) is -0.918. The Bertz CT molecular complexity index is 538. The molecule has 0 heterocycles. The van der Waals surface area contributed by atoms with E-state index in [0.717, 1.165) is 12.0 Å². The Balaban J connectivity index is 2.15. The lowest BCUT2D eigenvalue weighted by atomic mass is 9.78. The summed E-state index contributed by atoms with van der Waals surface area (Å²) < 4.78 is 0. The van der Waals surface area contributed by atoms with Gasteiger partial charge in [-0.3, -0.25) is 9.59 Å². The zero-order chi connectivity index (χ0) is 15.7. The minimum atomic E-state index is -1.06. The molecule has 1 aromatic rings. The summed E-state index contributed by atoms with van der Waals surface area (Å²) in [6.07, 6.45) is 1.30. The maximum Gasteiger partial charge on any atom is 0.315 e. The van der Waals surface area contributed by atoms with E-state index >= 15 is 0 Å². The fraction of sp³-hybridized carbons (Fsp3) is 0.529. The van der Waals surface area contributed by atoms with E-state index in [1.165, 1.54) is 0 Å². The van der Waals surface area contributed by atoms with Crippen LogP contribution in [-0.4, -0.2) is 23.5 Å². The first kappa shape index (κ1) is 15.5.